The van der Waals surface area contributed by atoms with Gasteiger partial charge in [0.15, 0.2) is 28.3 Å². The number of anilines is 1. The molecule has 46 heavy (non-hydrogen) atoms. The Labute approximate surface area is 271 Å². The summed E-state index contributed by atoms with van der Waals surface area (Å²) in [6, 6.07) is 15.0. The van der Waals surface area contributed by atoms with Gasteiger partial charge >= 0.3 is 0 Å². The zero-order valence-electron chi connectivity index (χ0n) is 25.7. The van der Waals surface area contributed by atoms with E-state index in [9.17, 15) is 13.2 Å². The zero-order chi connectivity index (χ0) is 32.7. The molecule has 2 N–H and O–H groups in total. The van der Waals surface area contributed by atoms with E-state index in [0.29, 0.717) is 17.5 Å². The van der Waals surface area contributed by atoms with Gasteiger partial charge in [-0.15, -0.1) is 0 Å². The number of benzene rings is 2. The Morgan fingerprint density at radius 2 is 1.67 bits per heavy atom. The van der Waals surface area contributed by atoms with E-state index >= 15 is 0 Å². The van der Waals surface area contributed by atoms with Gasteiger partial charge in [-0.25, -0.2) is 23.4 Å². The number of carbonyl (C=O) groups excluding carboxylic acids is 1. The molecule has 13 nitrogen and oxygen atoms in total. The summed E-state index contributed by atoms with van der Waals surface area (Å²) in [6.07, 6.45) is 2.95. The molecule has 0 fully saturated rings. The van der Waals surface area contributed by atoms with Crippen LogP contribution in [0.5, 0.6) is 23.1 Å². The van der Waals surface area contributed by atoms with E-state index in [1.165, 1.54) is 43.4 Å². The Balaban J connectivity index is 1.55. The van der Waals surface area contributed by atoms with Crippen LogP contribution in [0.4, 0.5) is 5.82 Å². The summed E-state index contributed by atoms with van der Waals surface area (Å²) in [4.78, 5) is 34.2. The molecule has 0 saturated carbocycles. The molecule has 240 valence electrons. The number of methoxy groups -OCH3 is 1. The molecule has 0 atom stereocenters. The fourth-order valence-corrected chi connectivity index (χ4v) is 5.92. The maximum Gasteiger partial charge on any atom is 0.263 e. The summed E-state index contributed by atoms with van der Waals surface area (Å²) in [6.45, 7) is 6.63. The van der Waals surface area contributed by atoms with Crippen LogP contribution in [0.3, 0.4) is 0 Å². The van der Waals surface area contributed by atoms with Crippen molar-refractivity contribution in [3.8, 4) is 34.8 Å². The molecule has 0 spiro atoms. The fraction of sp³-hybridized carbons (Fsp3) is 0.290. The Morgan fingerprint density at radius 3 is 2.33 bits per heavy atom. The largest absolute Gasteiger partial charge is 0.493 e. The van der Waals surface area contributed by atoms with E-state index < -0.39 is 10.0 Å². The predicted octanol–water partition coefficient (Wildman–Crippen LogP) is 4.82. The molecule has 0 unspecified atom stereocenters. The standard InChI is InChI=1S/C31H33N7O6S2/c1-31(2,3)20-10-12-21(13-11-20)46(40,41)38-26-25(44-23-9-6-5-8-22(23)42-4)29(37-28(36-26)27-32-15-7-16-33-27)43-18-14-24(39)35-30-34-17-19-45-30/h5-13,15-16H,14,17-19H2,1-4H3,(H,34,35,39)(H,36,37,38). The number of amides is 1. The lowest BCUT2D eigenvalue weighted by Crippen LogP contribution is -2.28. The van der Waals surface area contributed by atoms with Gasteiger partial charge in [-0.05, 0) is 41.3 Å². The Bertz CT molecular complexity index is 1830. The summed E-state index contributed by atoms with van der Waals surface area (Å²) in [5, 5.41) is 3.31. The van der Waals surface area contributed by atoms with Crippen LogP contribution in [0.2, 0.25) is 0 Å². The molecule has 1 aliphatic heterocycles. The van der Waals surface area contributed by atoms with Gasteiger partial charge in [-0.1, -0.05) is 56.8 Å². The molecule has 0 saturated heterocycles. The number of ether oxygens (including phenoxy) is 3. The second kappa shape index (κ2) is 14.1. The maximum absolute atomic E-state index is 13.7. The number of nitrogens with one attached hydrogen (secondary N) is 2. The van der Waals surface area contributed by atoms with Gasteiger partial charge in [-0.2, -0.15) is 4.98 Å². The number of thioether (sulfide) groups is 1. The van der Waals surface area contributed by atoms with Crippen molar-refractivity contribution in [3.05, 3.63) is 72.6 Å². The summed E-state index contributed by atoms with van der Waals surface area (Å²) >= 11 is 1.46. The van der Waals surface area contributed by atoms with Gasteiger partial charge in [0.2, 0.25) is 17.5 Å². The van der Waals surface area contributed by atoms with E-state index in [2.05, 4.69) is 35.0 Å². The Kier molecular flexibility index (Phi) is 10.0. The van der Waals surface area contributed by atoms with Crippen LogP contribution in [0.1, 0.15) is 32.8 Å². The number of para-hydroxylation sites is 2. The van der Waals surface area contributed by atoms with Crippen molar-refractivity contribution in [2.75, 3.05) is 30.7 Å². The molecule has 1 amide bonds. The van der Waals surface area contributed by atoms with Gasteiger partial charge in [-0.3, -0.25) is 14.5 Å². The monoisotopic (exact) mass is 663 g/mol. The lowest BCUT2D eigenvalue weighted by Gasteiger charge is -2.20. The molecular weight excluding hydrogens is 631 g/mol. The van der Waals surface area contributed by atoms with Crippen LogP contribution in [0.25, 0.3) is 11.6 Å². The fourth-order valence-electron chi connectivity index (χ4n) is 4.17. The van der Waals surface area contributed by atoms with Crippen LogP contribution < -0.4 is 24.2 Å². The van der Waals surface area contributed by atoms with Crippen LogP contribution in [-0.4, -0.2) is 65.4 Å². The van der Waals surface area contributed by atoms with Gasteiger partial charge in [0.25, 0.3) is 15.9 Å². The highest BCUT2D eigenvalue weighted by atomic mass is 32.2. The summed E-state index contributed by atoms with van der Waals surface area (Å²) in [5.41, 5.74) is 0.797. The van der Waals surface area contributed by atoms with Crippen LogP contribution in [0.15, 0.2) is 76.9 Å². The summed E-state index contributed by atoms with van der Waals surface area (Å²) in [7, 11) is -2.72. The first-order valence-electron chi connectivity index (χ1n) is 14.3. The average Bonchev–Trinajstić information content (AvgIpc) is 3.55. The minimum Gasteiger partial charge on any atom is -0.493 e. The van der Waals surface area contributed by atoms with Gasteiger partial charge in [0.1, 0.15) is 0 Å². The highest BCUT2D eigenvalue weighted by molar-refractivity contribution is 8.14. The van der Waals surface area contributed by atoms with Crippen LogP contribution in [-0.2, 0) is 20.2 Å². The third-order valence-electron chi connectivity index (χ3n) is 6.54. The van der Waals surface area contributed by atoms with E-state index in [0.717, 1.165) is 11.3 Å². The van der Waals surface area contributed by atoms with E-state index in [4.69, 9.17) is 14.2 Å². The second-order valence-corrected chi connectivity index (χ2v) is 13.7. The lowest BCUT2D eigenvalue weighted by molar-refractivity contribution is -0.120. The number of hydrogen-bond acceptors (Lipinski definition) is 12. The highest BCUT2D eigenvalue weighted by Gasteiger charge is 2.27. The molecule has 0 bridgehead atoms. The third kappa shape index (κ3) is 8.09. The maximum atomic E-state index is 13.7. The molecular formula is C31H33N7O6S2. The molecule has 4 aromatic rings. The Hall–Kier alpha value is -4.76. The topological polar surface area (TPSA) is 167 Å². The van der Waals surface area contributed by atoms with Crippen molar-refractivity contribution in [3.63, 3.8) is 0 Å². The number of nitrogens with zero attached hydrogens (tertiary/aromatic N) is 5. The van der Waals surface area contributed by atoms with Crippen molar-refractivity contribution in [2.24, 2.45) is 4.99 Å². The lowest BCUT2D eigenvalue weighted by atomic mass is 9.87. The smallest absolute Gasteiger partial charge is 0.263 e. The van der Waals surface area contributed by atoms with Crippen LogP contribution >= 0.6 is 11.8 Å². The first-order chi connectivity index (χ1) is 22.0. The number of aliphatic imine (C=N–C) groups is 1. The number of aromatic nitrogens is 4. The van der Waals surface area contributed by atoms with Gasteiger partial charge in [0.05, 0.1) is 31.6 Å². The van der Waals surface area contributed by atoms with E-state index in [1.807, 2.05) is 20.8 Å². The normalized spacial score (nSPS) is 13.1. The SMILES string of the molecule is COc1ccccc1Oc1c(NS(=O)(=O)c2ccc(C(C)(C)C)cc2)nc(-c2ncccn2)nc1OCCC(=O)NC1=NCCS1. The third-order valence-corrected chi connectivity index (χ3v) is 8.79. The zero-order valence-corrected chi connectivity index (χ0v) is 27.3. The summed E-state index contributed by atoms with van der Waals surface area (Å²) < 4.78 is 47.6. The molecule has 1 aliphatic rings. The first-order valence-corrected chi connectivity index (χ1v) is 16.7. The molecule has 15 heteroatoms. The minimum atomic E-state index is -4.20. The van der Waals surface area contributed by atoms with Gasteiger partial charge in [0, 0.05) is 18.1 Å². The Morgan fingerprint density at radius 1 is 0.957 bits per heavy atom. The van der Waals surface area contributed by atoms with Crippen molar-refractivity contribution < 1.29 is 27.4 Å². The second-order valence-electron chi connectivity index (χ2n) is 10.9. The van der Waals surface area contributed by atoms with Crippen LogP contribution in [0, 0.1) is 0 Å². The van der Waals surface area contributed by atoms with Crippen molar-refractivity contribution >= 4 is 38.7 Å². The molecule has 3 heterocycles. The number of carbonyl (C=O) groups is 1. The predicted molar refractivity (Wildman–Crippen MR) is 175 cm³/mol. The van der Waals surface area contributed by atoms with Crippen molar-refractivity contribution in [1.29, 1.82) is 0 Å². The van der Waals surface area contributed by atoms with E-state index in [1.54, 1.807) is 42.5 Å². The summed E-state index contributed by atoms with van der Waals surface area (Å²) in [5.74, 6) is 0.640. The van der Waals surface area contributed by atoms with Crippen molar-refractivity contribution in [2.45, 2.75) is 37.5 Å². The number of amidine groups is 1. The number of rotatable bonds is 11. The number of hydrogen-bond donors (Lipinski definition) is 2. The molecule has 0 radical (unpaired) electrons. The molecule has 2 aromatic heterocycles. The van der Waals surface area contributed by atoms with Gasteiger partial charge < -0.3 is 19.5 Å². The first kappa shape index (κ1) is 32.6. The quantitative estimate of drug-likeness (QED) is 0.226. The molecule has 2 aromatic carbocycles. The average molecular weight is 664 g/mol. The highest BCUT2D eigenvalue weighted by Crippen LogP contribution is 2.41. The molecule has 0 aliphatic carbocycles. The minimum absolute atomic E-state index is 0.00620. The number of sulfonamides is 1. The van der Waals surface area contributed by atoms with Crippen molar-refractivity contribution in [1.82, 2.24) is 25.3 Å². The van der Waals surface area contributed by atoms with E-state index in [-0.39, 0.29) is 64.1 Å². The molecule has 5 rings (SSSR count).